The molecule has 4 aromatic rings. The molecular formula is C27H21N3O5S. The van der Waals surface area contributed by atoms with E-state index in [-0.39, 0.29) is 22.2 Å². The molecule has 0 saturated carbocycles. The number of non-ortho nitro benzene ring substituents is 1. The lowest BCUT2D eigenvalue weighted by atomic mass is 9.93. The molecule has 1 unspecified atom stereocenters. The standard InChI is InChI=1S/C27H21N3O5S/c1-14-7-9-16(3)19(11-14)24(31)22-23(17-5-4-6-18(13-17)30(34)35)29(26(33)25(22)32)27-28-20-10-8-15(2)12-21(20)36-27/h4-13,23,31H,1-3H3. The number of hydrogen-bond donors (Lipinski definition) is 1. The summed E-state index contributed by atoms with van der Waals surface area (Å²) in [4.78, 5) is 43.6. The molecule has 0 radical (unpaired) electrons. The number of Topliss-reactive ketones (excluding diaryl/α,β-unsaturated/α-hetero) is 1. The number of nitro benzene ring substituents is 1. The van der Waals surface area contributed by atoms with E-state index in [1.807, 2.05) is 44.2 Å². The van der Waals surface area contributed by atoms with Crippen molar-refractivity contribution < 1.29 is 19.6 Å². The Kier molecular flexibility index (Phi) is 5.64. The molecular weight excluding hydrogens is 478 g/mol. The lowest BCUT2D eigenvalue weighted by Gasteiger charge is -2.23. The number of aromatic nitrogens is 1. The predicted octanol–water partition coefficient (Wildman–Crippen LogP) is 5.76. The minimum Gasteiger partial charge on any atom is -0.507 e. The zero-order chi connectivity index (χ0) is 25.7. The van der Waals surface area contributed by atoms with Crippen LogP contribution in [0, 0.1) is 30.9 Å². The fourth-order valence-electron chi connectivity index (χ4n) is 4.41. The summed E-state index contributed by atoms with van der Waals surface area (Å²) in [5, 5.41) is 23.2. The van der Waals surface area contributed by atoms with E-state index >= 15 is 0 Å². The van der Waals surface area contributed by atoms with Crippen molar-refractivity contribution in [1.29, 1.82) is 0 Å². The van der Waals surface area contributed by atoms with E-state index in [1.165, 1.54) is 34.4 Å². The maximum absolute atomic E-state index is 13.4. The first-order valence-corrected chi connectivity index (χ1v) is 12.0. The average Bonchev–Trinajstić information content (AvgIpc) is 3.38. The Morgan fingerprint density at radius 2 is 1.75 bits per heavy atom. The van der Waals surface area contributed by atoms with Crippen LogP contribution in [0.2, 0.25) is 0 Å². The number of nitro groups is 1. The van der Waals surface area contributed by atoms with Crippen molar-refractivity contribution in [1.82, 2.24) is 4.98 Å². The number of rotatable bonds is 4. The second kappa shape index (κ2) is 8.69. The molecule has 0 aliphatic carbocycles. The van der Waals surface area contributed by atoms with E-state index in [2.05, 4.69) is 4.98 Å². The number of ketones is 1. The van der Waals surface area contributed by atoms with Gasteiger partial charge in [-0.15, -0.1) is 0 Å². The highest BCUT2D eigenvalue weighted by atomic mass is 32.1. The van der Waals surface area contributed by atoms with Gasteiger partial charge in [-0.2, -0.15) is 0 Å². The number of thiazole rings is 1. The molecule has 0 bridgehead atoms. The van der Waals surface area contributed by atoms with Crippen molar-refractivity contribution in [3.63, 3.8) is 0 Å². The molecule has 1 atom stereocenters. The van der Waals surface area contributed by atoms with Gasteiger partial charge in [0.25, 0.3) is 11.5 Å². The van der Waals surface area contributed by atoms with Crippen LogP contribution in [-0.2, 0) is 9.59 Å². The van der Waals surface area contributed by atoms with Crippen LogP contribution in [-0.4, -0.2) is 26.7 Å². The van der Waals surface area contributed by atoms with E-state index in [9.17, 15) is 24.8 Å². The summed E-state index contributed by atoms with van der Waals surface area (Å²) in [5.74, 6) is -2.06. The summed E-state index contributed by atoms with van der Waals surface area (Å²) < 4.78 is 0.833. The highest BCUT2D eigenvalue weighted by molar-refractivity contribution is 7.22. The van der Waals surface area contributed by atoms with Crippen molar-refractivity contribution in [2.24, 2.45) is 0 Å². The van der Waals surface area contributed by atoms with Crippen LogP contribution in [0.25, 0.3) is 16.0 Å². The number of carbonyl (C=O) groups excluding carboxylic acids is 2. The number of carbonyl (C=O) groups is 2. The molecule has 1 aromatic heterocycles. The van der Waals surface area contributed by atoms with Crippen LogP contribution >= 0.6 is 11.3 Å². The van der Waals surface area contributed by atoms with Crippen molar-refractivity contribution in [3.05, 3.63) is 104 Å². The van der Waals surface area contributed by atoms with Gasteiger partial charge in [0, 0.05) is 17.7 Å². The largest absolute Gasteiger partial charge is 0.507 e. The van der Waals surface area contributed by atoms with Crippen LogP contribution in [0.1, 0.15) is 33.9 Å². The van der Waals surface area contributed by atoms with E-state index in [0.717, 1.165) is 21.4 Å². The quantitative estimate of drug-likeness (QED) is 0.126. The van der Waals surface area contributed by atoms with Crippen molar-refractivity contribution in [2.45, 2.75) is 26.8 Å². The second-order valence-electron chi connectivity index (χ2n) is 8.81. The van der Waals surface area contributed by atoms with Gasteiger partial charge in [-0.25, -0.2) is 4.98 Å². The van der Waals surface area contributed by atoms with Crippen LogP contribution in [0.4, 0.5) is 10.8 Å². The van der Waals surface area contributed by atoms with E-state index in [0.29, 0.717) is 16.6 Å². The SMILES string of the molecule is Cc1ccc(C)c(C(O)=C2C(=O)C(=O)N(c3nc4ccc(C)cc4s3)C2c2cccc([N+](=O)[O-])c2)c1. The fraction of sp³-hybridized carbons (Fsp3) is 0.148. The second-order valence-corrected chi connectivity index (χ2v) is 9.82. The zero-order valence-corrected chi connectivity index (χ0v) is 20.5. The number of benzene rings is 3. The topological polar surface area (TPSA) is 114 Å². The van der Waals surface area contributed by atoms with Gasteiger partial charge in [-0.1, -0.05) is 47.2 Å². The molecule has 5 rings (SSSR count). The number of fused-ring (bicyclic) bond motifs is 1. The number of nitrogens with zero attached hydrogens (tertiary/aromatic N) is 3. The summed E-state index contributed by atoms with van der Waals surface area (Å²) in [6.07, 6.45) is 0. The molecule has 180 valence electrons. The van der Waals surface area contributed by atoms with Gasteiger partial charge in [-0.3, -0.25) is 24.6 Å². The van der Waals surface area contributed by atoms with E-state index in [4.69, 9.17) is 0 Å². The molecule has 1 fully saturated rings. The van der Waals surface area contributed by atoms with Crippen LogP contribution in [0.3, 0.4) is 0 Å². The first-order chi connectivity index (χ1) is 17.2. The maximum Gasteiger partial charge on any atom is 0.301 e. The lowest BCUT2D eigenvalue weighted by Crippen LogP contribution is -2.29. The molecule has 1 amide bonds. The molecule has 8 nitrogen and oxygen atoms in total. The summed E-state index contributed by atoms with van der Waals surface area (Å²) in [6, 6.07) is 15.8. The van der Waals surface area contributed by atoms with Crippen LogP contribution < -0.4 is 4.90 Å². The molecule has 1 aliphatic heterocycles. The number of anilines is 1. The molecule has 1 saturated heterocycles. The van der Waals surface area contributed by atoms with Gasteiger partial charge in [0.1, 0.15) is 5.76 Å². The third-order valence-electron chi connectivity index (χ3n) is 6.23. The Morgan fingerprint density at radius 3 is 2.50 bits per heavy atom. The fourth-order valence-corrected chi connectivity index (χ4v) is 5.50. The number of hydrogen-bond acceptors (Lipinski definition) is 7. The molecule has 1 N–H and O–H groups in total. The Balaban J connectivity index is 1.78. The normalized spacial score (nSPS) is 17.2. The van der Waals surface area contributed by atoms with Crippen LogP contribution in [0.15, 0.2) is 66.2 Å². The Bertz CT molecular complexity index is 1620. The predicted molar refractivity (Wildman–Crippen MR) is 138 cm³/mol. The van der Waals surface area contributed by atoms with Crippen molar-refractivity contribution in [3.8, 4) is 0 Å². The molecule has 1 aliphatic rings. The van der Waals surface area contributed by atoms with Gasteiger partial charge < -0.3 is 5.11 Å². The van der Waals surface area contributed by atoms with Gasteiger partial charge >= 0.3 is 5.91 Å². The highest BCUT2D eigenvalue weighted by Crippen LogP contribution is 2.45. The molecule has 2 heterocycles. The Hall–Kier alpha value is -4.37. The van der Waals surface area contributed by atoms with E-state index in [1.54, 1.807) is 19.1 Å². The van der Waals surface area contributed by atoms with Gasteiger partial charge in [-0.05, 0) is 55.7 Å². The monoisotopic (exact) mass is 499 g/mol. The van der Waals surface area contributed by atoms with Crippen LogP contribution in [0.5, 0.6) is 0 Å². The van der Waals surface area contributed by atoms with Gasteiger partial charge in [0.05, 0.1) is 26.8 Å². The number of amides is 1. The first kappa shape index (κ1) is 23.4. The summed E-state index contributed by atoms with van der Waals surface area (Å²) in [6.45, 7) is 5.59. The zero-order valence-electron chi connectivity index (χ0n) is 19.7. The summed E-state index contributed by atoms with van der Waals surface area (Å²) in [7, 11) is 0. The molecule has 0 spiro atoms. The van der Waals surface area contributed by atoms with Crippen molar-refractivity contribution >= 4 is 49.8 Å². The maximum atomic E-state index is 13.4. The molecule has 36 heavy (non-hydrogen) atoms. The summed E-state index contributed by atoms with van der Waals surface area (Å²) >= 11 is 1.24. The van der Waals surface area contributed by atoms with Crippen molar-refractivity contribution in [2.75, 3.05) is 4.90 Å². The third-order valence-corrected chi connectivity index (χ3v) is 7.25. The van der Waals surface area contributed by atoms with Gasteiger partial charge in [0.2, 0.25) is 0 Å². The first-order valence-electron chi connectivity index (χ1n) is 11.2. The minimum atomic E-state index is -1.09. The Labute approximate surface area is 210 Å². The van der Waals surface area contributed by atoms with Gasteiger partial charge in [0.15, 0.2) is 5.13 Å². The molecule has 9 heteroatoms. The van der Waals surface area contributed by atoms with E-state index < -0.39 is 22.7 Å². The smallest absolute Gasteiger partial charge is 0.301 e. The Morgan fingerprint density at radius 1 is 1.03 bits per heavy atom. The summed E-state index contributed by atoms with van der Waals surface area (Å²) in [5.41, 5.74) is 3.69. The number of aliphatic hydroxyl groups is 1. The number of aliphatic hydroxyl groups excluding tert-OH is 1. The number of aryl methyl sites for hydroxylation is 3. The average molecular weight is 500 g/mol. The molecule has 3 aromatic carbocycles. The minimum absolute atomic E-state index is 0.135. The highest BCUT2D eigenvalue weighted by Gasteiger charge is 2.48. The third kappa shape index (κ3) is 3.83. The lowest BCUT2D eigenvalue weighted by molar-refractivity contribution is -0.384.